The number of sulfonamides is 1. The molecule has 0 radical (unpaired) electrons. The molecule has 174 valence electrons. The van der Waals surface area contributed by atoms with Crippen molar-refractivity contribution in [3.05, 3.63) is 53.1 Å². The number of carbonyl (C=O) groups excluding carboxylic acids is 1. The van der Waals surface area contributed by atoms with Crippen molar-refractivity contribution in [3.63, 3.8) is 0 Å². The molecule has 1 heterocycles. The summed E-state index contributed by atoms with van der Waals surface area (Å²) in [6, 6.07) is 10.0. The molecule has 1 unspecified atom stereocenters. The fraction of sp³-hybridized carbons (Fsp3) is 0.458. The van der Waals surface area contributed by atoms with Gasteiger partial charge in [0.1, 0.15) is 11.5 Å². The lowest BCUT2D eigenvalue weighted by atomic mass is 10.0. The first-order chi connectivity index (χ1) is 15.3. The Morgan fingerprint density at radius 2 is 1.69 bits per heavy atom. The summed E-state index contributed by atoms with van der Waals surface area (Å²) in [4.78, 5) is 13.3. The van der Waals surface area contributed by atoms with Crippen LogP contribution in [0.25, 0.3) is 0 Å². The minimum atomic E-state index is -3.66. The monoisotopic (exact) mass is 460 g/mol. The minimum absolute atomic E-state index is 0.110. The molecule has 1 aliphatic heterocycles. The van der Waals surface area contributed by atoms with Gasteiger partial charge in [0.05, 0.1) is 30.7 Å². The number of nitrogens with zero attached hydrogens (tertiary/aromatic N) is 1. The molecular formula is C24H32N2O5S. The summed E-state index contributed by atoms with van der Waals surface area (Å²) >= 11 is 0. The van der Waals surface area contributed by atoms with Crippen LogP contribution in [-0.2, 0) is 10.0 Å². The highest BCUT2D eigenvalue weighted by molar-refractivity contribution is 7.89. The fourth-order valence-corrected chi connectivity index (χ4v) is 5.60. The molecule has 0 saturated carbocycles. The van der Waals surface area contributed by atoms with E-state index in [1.54, 1.807) is 13.2 Å². The zero-order valence-corrected chi connectivity index (χ0v) is 20.0. The summed E-state index contributed by atoms with van der Waals surface area (Å²) in [6.07, 6.45) is 3.40. The lowest BCUT2D eigenvalue weighted by Gasteiger charge is -2.26. The van der Waals surface area contributed by atoms with Crippen molar-refractivity contribution in [1.29, 1.82) is 0 Å². The van der Waals surface area contributed by atoms with E-state index < -0.39 is 10.0 Å². The second-order valence-corrected chi connectivity index (χ2v) is 9.93. The first-order valence-corrected chi connectivity index (χ1v) is 12.4. The van der Waals surface area contributed by atoms with Gasteiger partial charge in [0.2, 0.25) is 10.0 Å². The molecule has 7 nitrogen and oxygen atoms in total. The van der Waals surface area contributed by atoms with Crippen molar-refractivity contribution in [2.45, 2.75) is 50.5 Å². The van der Waals surface area contributed by atoms with Gasteiger partial charge in [-0.05, 0) is 61.6 Å². The standard InChI is InChI=1S/C24H32N2O5S/c1-5-21(18-9-11-22(30-3)17(2)15-18)25-24(27)20-16-19(10-12-23(20)31-4)32(28,29)26-13-7-6-8-14-26/h9-12,15-16,21H,5-8,13-14H2,1-4H3,(H,25,27). The summed E-state index contributed by atoms with van der Waals surface area (Å²) < 4.78 is 38.4. The number of hydrogen-bond donors (Lipinski definition) is 1. The topological polar surface area (TPSA) is 84.9 Å². The number of nitrogens with one attached hydrogen (secondary N) is 1. The average molecular weight is 461 g/mol. The number of aryl methyl sites for hydroxylation is 1. The van der Waals surface area contributed by atoms with Gasteiger partial charge in [-0.15, -0.1) is 0 Å². The molecular weight excluding hydrogens is 428 g/mol. The number of hydrogen-bond acceptors (Lipinski definition) is 5. The molecule has 3 rings (SSSR count). The van der Waals surface area contributed by atoms with Crippen LogP contribution in [0.15, 0.2) is 41.3 Å². The third-order valence-corrected chi connectivity index (χ3v) is 7.80. The molecule has 1 fully saturated rings. The molecule has 2 aromatic carbocycles. The quantitative estimate of drug-likeness (QED) is 0.642. The maximum absolute atomic E-state index is 13.2. The van der Waals surface area contributed by atoms with Crippen molar-refractivity contribution < 1.29 is 22.7 Å². The Labute approximate surface area is 190 Å². The average Bonchev–Trinajstić information content (AvgIpc) is 2.82. The van der Waals surface area contributed by atoms with Crippen LogP contribution < -0.4 is 14.8 Å². The number of piperidine rings is 1. The van der Waals surface area contributed by atoms with E-state index in [0.29, 0.717) is 25.3 Å². The smallest absolute Gasteiger partial charge is 0.255 e. The molecule has 0 spiro atoms. The van der Waals surface area contributed by atoms with Gasteiger partial charge in [-0.1, -0.05) is 25.5 Å². The lowest BCUT2D eigenvalue weighted by Crippen LogP contribution is -2.35. The number of carbonyl (C=O) groups is 1. The number of methoxy groups -OCH3 is 2. The first kappa shape index (κ1) is 24.1. The largest absolute Gasteiger partial charge is 0.496 e. The van der Waals surface area contributed by atoms with Crippen molar-refractivity contribution in [1.82, 2.24) is 9.62 Å². The van der Waals surface area contributed by atoms with Gasteiger partial charge in [-0.2, -0.15) is 4.31 Å². The second kappa shape index (κ2) is 10.4. The van der Waals surface area contributed by atoms with Crippen LogP contribution >= 0.6 is 0 Å². The molecule has 0 bridgehead atoms. The second-order valence-electron chi connectivity index (χ2n) is 7.99. The maximum Gasteiger partial charge on any atom is 0.255 e. The molecule has 0 aromatic heterocycles. The molecule has 1 aliphatic rings. The first-order valence-electron chi connectivity index (χ1n) is 11.0. The van der Waals surface area contributed by atoms with Gasteiger partial charge in [-0.3, -0.25) is 4.79 Å². The summed E-state index contributed by atoms with van der Waals surface area (Å²) in [5, 5.41) is 3.03. The van der Waals surface area contributed by atoms with Crippen LogP contribution in [0.5, 0.6) is 11.5 Å². The van der Waals surface area contributed by atoms with Gasteiger partial charge in [0.15, 0.2) is 0 Å². The highest BCUT2D eigenvalue weighted by Gasteiger charge is 2.28. The highest BCUT2D eigenvalue weighted by Crippen LogP contribution is 2.28. The Balaban J connectivity index is 1.89. The summed E-state index contributed by atoms with van der Waals surface area (Å²) in [5.74, 6) is 0.742. The number of rotatable bonds is 8. The van der Waals surface area contributed by atoms with Crippen molar-refractivity contribution in [2.24, 2.45) is 0 Å². The van der Waals surface area contributed by atoms with Crippen LogP contribution in [0.2, 0.25) is 0 Å². The molecule has 2 aromatic rings. The van der Waals surface area contributed by atoms with E-state index >= 15 is 0 Å². The van der Waals surface area contributed by atoms with Crippen molar-refractivity contribution in [3.8, 4) is 11.5 Å². The Morgan fingerprint density at radius 1 is 1.03 bits per heavy atom. The number of ether oxygens (including phenoxy) is 2. The van der Waals surface area contributed by atoms with E-state index in [-0.39, 0.29) is 22.4 Å². The van der Waals surface area contributed by atoms with Gasteiger partial charge in [0, 0.05) is 13.1 Å². The van der Waals surface area contributed by atoms with E-state index in [2.05, 4.69) is 5.32 Å². The van der Waals surface area contributed by atoms with Crippen LogP contribution in [0.3, 0.4) is 0 Å². The third-order valence-electron chi connectivity index (χ3n) is 5.90. The van der Waals surface area contributed by atoms with E-state index in [1.165, 1.54) is 23.5 Å². The van der Waals surface area contributed by atoms with Crippen LogP contribution in [0.1, 0.15) is 60.1 Å². The Morgan fingerprint density at radius 3 is 2.28 bits per heavy atom. The lowest BCUT2D eigenvalue weighted by molar-refractivity contribution is 0.0932. The zero-order valence-electron chi connectivity index (χ0n) is 19.2. The van der Waals surface area contributed by atoms with Gasteiger partial charge in [0.25, 0.3) is 5.91 Å². The van der Waals surface area contributed by atoms with Crippen LogP contribution in [-0.4, -0.2) is 45.9 Å². The number of amides is 1. The van der Waals surface area contributed by atoms with Crippen molar-refractivity contribution in [2.75, 3.05) is 27.3 Å². The Kier molecular flexibility index (Phi) is 7.79. The van der Waals surface area contributed by atoms with E-state index in [9.17, 15) is 13.2 Å². The van der Waals surface area contributed by atoms with Gasteiger partial charge in [-0.25, -0.2) is 8.42 Å². The molecule has 1 saturated heterocycles. The summed E-state index contributed by atoms with van der Waals surface area (Å²) in [5.41, 5.74) is 2.13. The number of benzene rings is 2. The Hall–Kier alpha value is -2.58. The molecule has 1 atom stereocenters. The summed E-state index contributed by atoms with van der Waals surface area (Å²) in [6.45, 7) is 4.95. The SMILES string of the molecule is CCC(NC(=O)c1cc(S(=O)(=O)N2CCCCC2)ccc1OC)c1ccc(OC)c(C)c1. The molecule has 0 aliphatic carbocycles. The third kappa shape index (κ3) is 5.07. The van der Waals surface area contributed by atoms with E-state index in [4.69, 9.17) is 9.47 Å². The van der Waals surface area contributed by atoms with E-state index in [0.717, 1.165) is 36.1 Å². The fourth-order valence-electron chi connectivity index (χ4n) is 4.05. The van der Waals surface area contributed by atoms with Gasteiger partial charge >= 0.3 is 0 Å². The molecule has 32 heavy (non-hydrogen) atoms. The molecule has 1 amide bonds. The maximum atomic E-state index is 13.2. The summed E-state index contributed by atoms with van der Waals surface area (Å²) in [7, 11) is -0.568. The van der Waals surface area contributed by atoms with Crippen molar-refractivity contribution >= 4 is 15.9 Å². The van der Waals surface area contributed by atoms with Gasteiger partial charge < -0.3 is 14.8 Å². The predicted octanol–water partition coefficient (Wildman–Crippen LogP) is 4.07. The highest BCUT2D eigenvalue weighted by atomic mass is 32.2. The normalized spacial score (nSPS) is 15.8. The Bertz CT molecular complexity index is 1060. The predicted molar refractivity (Wildman–Crippen MR) is 124 cm³/mol. The molecule has 1 N–H and O–H groups in total. The minimum Gasteiger partial charge on any atom is -0.496 e. The van der Waals surface area contributed by atoms with Crippen LogP contribution in [0, 0.1) is 6.92 Å². The molecule has 8 heteroatoms. The van der Waals surface area contributed by atoms with E-state index in [1.807, 2.05) is 32.0 Å². The van der Waals surface area contributed by atoms with Crippen LogP contribution in [0.4, 0.5) is 0 Å². The zero-order chi connectivity index (χ0) is 23.3.